The van der Waals surface area contributed by atoms with Crippen LogP contribution in [0.15, 0.2) is 0 Å². The summed E-state index contributed by atoms with van der Waals surface area (Å²) in [5.74, 6) is 1.38. The van der Waals surface area contributed by atoms with E-state index in [1.165, 1.54) is 12.8 Å². The van der Waals surface area contributed by atoms with E-state index in [0.717, 1.165) is 38.5 Å². The highest BCUT2D eigenvalue weighted by molar-refractivity contribution is 5.67. The number of carbonyl (C=O) groups excluding carboxylic acids is 1. The molecule has 6 aliphatic rings. The minimum Gasteiger partial charge on any atom is -0.443 e. The number of hydrogen-bond acceptors (Lipinski definition) is 6. The van der Waals surface area contributed by atoms with Crippen LogP contribution in [0.3, 0.4) is 0 Å². The minimum absolute atomic E-state index is 0.0711. The fourth-order valence-corrected chi connectivity index (χ4v) is 12.1. The van der Waals surface area contributed by atoms with Crippen molar-refractivity contribution >= 4 is 6.09 Å². The number of aliphatic hydroxyl groups is 2. The van der Waals surface area contributed by atoms with Crippen LogP contribution in [0.5, 0.6) is 0 Å². The number of carbonyl (C=O) groups is 1. The van der Waals surface area contributed by atoms with Crippen molar-refractivity contribution in [3.63, 3.8) is 0 Å². The van der Waals surface area contributed by atoms with Crippen LogP contribution in [0.1, 0.15) is 99.8 Å². The van der Waals surface area contributed by atoms with Gasteiger partial charge in [-0.2, -0.15) is 0 Å². The van der Waals surface area contributed by atoms with E-state index in [0.29, 0.717) is 18.4 Å². The predicted molar refractivity (Wildman–Crippen MR) is 150 cm³/mol. The molecule has 13 atom stereocenters. The second-order valence-electron chi connectivity index (χ2n) is 15.9. The van der Waals surface area contributed by atoms with Crippen molar-refractivity contribution in [2.24, 2.45) is 57.0 Å². The molecule has 5 N–H and O–H groups in total. The zero-order valence-electron chi connectivity index (χ0n) is 25.3. The predicted octanol–water partition coefficient (Wildman–Crippen LogP) is 4.62. The SMILES string of the molecule is CCNC(=O)OC(C(C)C)C1C[C@@H](C)C2[C@@H](O1)[C@H](O)[C@@]1(N)C3CCC4C(C)(C)C(O)CCC45CC35CCC21C. The molecule has 1 amide bonds. The summed E-state index contributed by atoms with van der Waals surface area (Å²) in [6, 6.07) is 0. The Morgan fingerprint density at radius 2 is 1.74 bits per heavy atom. The minimum atomic E-state index is -0.742. The van der Waals surface area contributed by atoms with Crippen LogP contribution < -0.4 is 11.1 Å². The molecule has 6 rings (SSSR count). The molecule has 1 saturated heterocycles. The van der Waals surface area contributed by atoms with Crippen LogP contribution >= 0.6 is 0 Å². The summed E-state index contributed by atoms with van der Waals surface area (Å²) in [6.07, 6.45) is 5.93. The average molecular weight is 547 g/mol. The second kappa shape index (κ2) is 8.81. The van der Waals surface area contributed by atoms with Crippen LogP contribution in [0, 0.1) is 51.2 Å². The highest BCUT2D eigenvalue weighted by atomic mass is 16.6. The Morgan fingerprint density at radius 1 is 1.08 bits per heavy atom. The maximum atomic E-state index is 12.4. The number of fused-ring (bicyclic) bond motifs is 4. The quantitative estimate of drug-likeness (QED) is 0.409. The van der Waals surface area contributed by atoms with Crippen LogP contribution in [0.25, 0.3) is 0 Å². The van der Waals surface area contributed by atoms with Gasteiger partial charge in [0.25, 0.3) is 0 Å². The van der Waals surface area contributed by atoms with Gasteiger partial charge in [0.2, 0.25) is 0 Å². The molecule has 9 unspecified atom stereocenters. The van der Waals surface area contributed by atoms with E-state index in [2.05, 4.69) is 46.9 Å². The van der Waals surface area contributed by atoms with Crippen molar-refractivity contribution in [1.29, 1.82) is 0 Å². The number of rotatable bonds is 4. The largest absolute Gasteiger partial charge is 0.443 e. The summed E-state index contributed by atoms with van der Waals surface area (Å²) in [5, 5.41) is 26.0. The summed E-state index contributed by atoms with van der Waals surface area (Å²) < 4.78 is 12.7. The third kappa shape index (κ3) is 3.39. The summed E-state index contributed by atoms with van der Waals surface area (Å²) in [6.45, 7) is 15.8. The van der Waals surface area contributed by atoms with Crippen LogP contribution in [0.4, 0.5) is 4.79 Å². The van der Waals surface area contributed by atoms with E-state index < -0.39 is 17.7 Å². The monoisotopic (exact) mass is 546 g/mol. The van der Waals surface area contributed by atoms with Crippen molar-refractivity contribution < 1.29 is 24.5 Å². The van der Waals surface area contributed by atoms with Gasteiger partial charge in [-0.15, -0.1) is 0 Å². The molecule has 7 heteroatoms. The Labute approximate surface area is 235 Å². The summed E-state index contributed by atoms with van der Waals surface area (Å²) in [5.41, 5.74) is 7.14. The van der Waals surface area contributed by atoms with Gasteiger partial charge in [-0.25, -0.2) is 4.79 Å². The van der Waals surface area contributed by atoms with Gasteiger partial charge >= 0.3 is 6.09 Å². The maximum Gasteiger partial charge on any atom is 0.407 e. The van der Waals surface area contributed by atoms with Gasteiger partial charge < -0.3 is 30.7 Å². The summed E-state index contributed by atoms with van der Waals surface area (Å²) in [4.78, 5) is 12.4. The molecule has 0 aromatic heterocycles. The first-order valence-corrected chi connectivity index (χ1v) is 16.0. The lowest BCUT2D eigenvalue weighted by atomic mass is 9.43. The molecule has 222 valence electrons. The Hall–Kier alpha value is -0.890. The van der Waals surface area contributed by atoms with Crippen molar-refractivity contribution in [1.82, 2.24) is 5.32 Å². The van der Waals surface area contributed by atoms with Crippen LogP contribution in [-0.4, -0.2) is 58.9 Å². The zero-order chi connectivity index (χ0) is 28.3. The van der Waals surface area contributed by atoms with Crippen molar-refractivity contribution in [2.75, 3.05) is 6.54 Å². The molecule has 0 radical (unpaired) electrons. The number of aliphatic hydroxyl groups excluding tert-OH is 2. The van der Waals surface area contributed by atoms with Crippen molar-refractivity contribution in [3.8, 4) is 0 Å². The van der Waals surface area contributed by atoms with E-state index in [9.17, 15) is 15.0 Å². The molecule has 0 aromatic rings. The molecule has 7 nitrogen and oxygen atoms in total. The average Bonchev–Trinajstić information content (AvgIpc) is 3.50. The normalized spacial score (nSPS) is 53.9. The Kier molecular flexibility index (Phi) is 6.38. The lowest BCUT2D eigenvalue weighted by Crippen LogP contribution is -2.70. The fraction of sp³-hybridized carbons (Fsp3) is 0.969. The lowest BCUT2D eigenvalue weighted by Gasteiger charge is -2.63. The smallest absolute Gasteiger partial charge is 0.407 e. The standard InChI is InChI=1S/C32H54N2O5/c1-8-34-27(37)39-24(17(2)3)19-15-18(4)23-25(38-19)26(36)32(33)21-10-9-20-28(5,6)22(35)11-12-30(20)16-31(21,30)14-13-29(23,32)7/h17-26,35-36H,8-16,33H2,1-7H3,(H,34,37)/t18-,19?,20?,21?,22?,23?,24?,25-,26+,29?,30?,31?,32+/m1/s1. The summed E-state index contributed by atoms with van der Waals surface area (Å²) in [7, 11) is 0. The molecule has 5 aliphatic carbocycles. The molecule has 0 bridgehead atoms. The molecule has 5 saturated carbocycles. The Balaban J connectivity index is 1.31. The number of hydrogen-bond donors (Lipinski definition) is 4. The Morgan fingerprint density at radius 3 is 2.41 bits per heavy atom. The van der Waals surface area contributed by atoms with Gasteiger partial charge in [0.15, 0.2) is 0 Å². The molecule has 2 spiro atoms. The molecule has 39 heavy (non-hydrogen) atoms. The molecule has 1 heterocycles. The first-order valence-electron chi connectivity index (χ1n) is 16.0. The maximum absolute atomic E-state index is 12.4. The summed E-state index contributed by atoms with van der Waals surface area (Å²) >= 11 is 0. The van der Waals surface area contributed by atoms with Gasteiger partial charge in [-0.1, -0.05) is 41.5 Å². The number of amides is 1. The number of alkyl carbamates (subject to hydrolysis) is 1. The molecule has 1 aliphatic heterocycles. The number of nitrogens with one attached hydrogen (secondary N) is 1. The van der Waals surface area contributed by atoms with Gasteiger partial charge in [-0.3, -0.25) is 0 Å². The van der Waals surface area contributed by atoms with Gasteiger partial charge in [0.05, 0.1) is 30.0 Å². The Bertz CT molecular complexity index is 1000. The fourth-order valence-electron chi connectivity index (χ4n) is 12.1. The topological polar surface area (TPSA) is 114 Å². The first kappa shape index (κ1) is 28.2. The van der Waals surface area contributed by atoms with E-state index in [1.807, 2.05) is 6.92 Å². The van der Waals surface area contributed by atoms with E-state index in [-0.39, 0.29) is 63.8 Å². The number of ether oxygens (including phenoxy) is 2. The van der Waals surface area contributed by atoms with Crippen molar-refractivity contribution in [2.45, 2.75) is 136 Å². The van der Waals surface area contributed by atoms with E-state index in [4.69, 9.17) is 15.2 Å². The zero-order valence-corrected chi connectivity index (χ0v) is 25.3. The van der Waals surface area contributed by atoms with Crippen LogP contribution in [-0.2, 0) is 9.47 Å². The number of nitrogens with two attached hydrogens (primary N) is 1. The van der Waals surface area contributed by atoms with Gasteiger partial charge in [0, 0.05) is 6.54 Å². The third-order valence-corrected chi connectivity index (χ3v) is 13.9. The highest BCUT2D eigenvalue weighted by Gasteiger charge is 2.85. The van der Waals surface area contributed by atoms with Crippen LogP contribution in [0.2, 0.25) is 0 Å². The lowest BCUT2D eigenvalue weighted by molar-refractivity contribution is -0.178. The molecular weight excluding hydrogens is 492 g/mol. The van der Waals surface area contributed by atoms with E-state index >= 15 is 0 Å². The second-order valence-corrected chi connectivity index (χ2v) is 15.9. The third-order valence-electron chi connectivity index (χ3n) is 13.9. The van der Waals surface area contributed by atoms with Gasteiger partial charge in [-0.05, 0) is 110 Å². The van der Waals surface area contributed by atoms with E-state index in [1.54, 1.807) is 0 Å². The molecule has 0 aromatic carbocycles. The van der Waals surface area contributed by atoms with Gasteiger partial charge in [0.1, 0.15) is 6.10 Å². The molecular formula is C32H54N2O5. The highest BCUT2D eigenvalue weighted by Crippen LogP contribution is 2.87. The van der Waals surface area contributed by atoms with Crippen molar-refractivity contribution in [3.05, 3.63) is 0 Å². The first-order chi connectivity index (χ1) is 18.2. The molecule has 6 fully saturated rings.